The van der Waals surface area contributed by atoms with Crippen molar-refractivity contribution in [1.82, 2.24) is 4.98 Å². The van der Waals surface area contributed by atoms with Crippen molar-refractivity contribution in [3.05, 3.63) is 46.6 Å². The highest BCUT2D eigenvalue weighted by molar-refractivity contribution is 9.10. The normalized spacial score (nSPS) is 10.2. The number of benzene rings is 1. The first kappa shape index (κ1) is 11.1. The number of pyridine rings is 1. The van der Waals surface area contributed by atoms with E-state index in [4.69, 9.17) is 4.74 Å². The van der Waals surface area contributed by atoms with Crippen LogP contribution in [0.1, 0.15) is 5.56 Å². The van der Waals surface area contributed by atoms with Crippen LogP contribution in [0, 0.1) is 6.92 Å². The van der Waals surface area contributed by atoms with E-state index in [1.165, 1.54) is 5.56 Å². The zero-order chi connectivity index (χ0) is 11.5. The predicted octanol–water partition coefficient (Wildman–Crippen LogP) is 3.83. The smallest absolute Gasteiger partial charge is 0.128 e. The van der Waals surface area contributed by atoms with Crippen molar-refractivity contribution in [3.8, 4) is 17.0 Å². The van der Waals surface area contributed by atoms with Crippen molar-refractivity contribution in [2.24, 2.45) is 0 Å². The van der Waals surface area contributed by atoms with Gasteiger partial charge in [0.25, 0.3) is 0 Å². The molecule has 1 aromatic heterocycles. The molecule has 0 radical (unpaired) electrons. The summed E-state index contributed by atoms with van der Waals surface area (Å²) in [6.45, 7) is 2.06. The van der Waals surface area contributed by atoms with Gasteiger partial charge in [0, 0.05) is 16.2 Å². The average Bonchev–Trinajstić information content (AvgIpc) is 2.30. The second kappa shape index (κ2) is 4.66. The largest absolute Gasteiger partial charge is 0.496 e. The van der Waals surface area contributed by atoms with Crippen LogP contribution in [0.15, 0.2) is 41.0 Å². The Hall–Kier alpha value is -1.35. The Morgan fingerprint density at radius 3 is 2.62 bits per heavy atom. The van der Waals surface area contributed by atoms with Gasteiger partial charge < -0.3 is 4.74 Å². The summed E-state index contributed by atoms with van der Waals surface area (Å²) in [5.74, 6) is 0.848. The molecule has 0 amide bonds. The van der Waals surface area contributed by atoms with E-state index in [-0.39, 0.29) is 0 Å². The summed E-state index contributed by atoms with van der Waals surface area (Å²) >= 11 is 3.37. The molecule has 1 heterocycles. The van der Waals surface area contributed by atoms with E-state index in [9.17, 15) is 0 Å². The van der Waals surface area contributed by atoms with Gasteiger partial charge in [-0.25, -0.2) is 0 Å². The minimum absolute atomic E-state index is 0.848. The highest BCUT2D eigenvalue weighted by Crippen LogP contribution is 2.29. The van der Waals surface area contributed by atoms with Crippen molar-refractivity contribution in [2.45, 2.75) is 6.92 Å². The molecule has 2 aromatic rings. The number of hydrogen-bond acceptors (Lipinski definition) is 2. The lowest BCUT2D eigenvalue weighted by Crippen LogP contribution is -1.90. The molecule has 0 aliphatic heterocycles. The second-order valence-electron chi connectivity index (χ2n) is 3.57. The molecule has 0 saturated heterocycles. The molecule has 0 unspecified atom stereocenters. The maximum absolute atomic E-state index is 5.33. The zero-order valence-electron chi connectivity index (χ0n) is 9.20. The number of hydrogen-bond donors (Lipinski definition) is 0. The molecule has 16 heavy (non-hydrogen) atoms. The van der Waals surface area contributed by atoms with Crippen molar-refractivity contribution in [3.63, 3.8) is 0 Å². The van der Waals surface area contributed by atoms with E-state index >= 15 is 0 Å². The average molecular weight is 278 g/mol. The highest BCUT2D eigenvalue weighted by atomic mass is 79.9. The fraction of sp³-hybridized carbons (Fsp3) is 0.154. The quantitative estimate of drug-likeness (QED) is 0.833. The molecule has 0 bridgehead atoms. The lowest BCUT2D eigenvalue weighted by atomic mass is 10.1. The monoisotopic (exact) mass is 277 g/mol. The van der Waals surface area contributed by atoms with Gasteiger partial charge in [-0.05, 0) is 47.1 Å². The molecule has 0 fully saturated rings. The van der Waals surface area contributed by atoms with Crippen molar-refractivity contribution in [1.29, 1.82) is 0 Å². The molecule has 1 aromatic carbocycles. The van der Waals surface area contributed by atoms with Crippen molar-refractivity contribution < 1.29 is 4.74 Å². The Labute approximate surface area is 103 Å². The Balaban J connectivity index is 2.53. The maximum Gasteiger partial charge on any atom is 0.128 e. The fourth-order valence-electron chi connectivity index (χ4n) is 1.56. The highest BCUT2D eigenvalue weighted by Gasteiger charge is 2.06. The molecule has 82 valence electrons. The van der Waals surface area contributed by atoms with E-state index in [1.807, 2.05) is 24.3 Å². The predicted molar refractivity (Wildman–Crippen MR) is 68.7 cm³/mol. The van der Waals surface area contributed by atoms with Crippen LogP contribution in [0.4, 0.5) is 0 Å². The first-order valence-electron chi connectivity index (χ1n) is 4.97. The molecule has 0 atom stereocenters. The zero-order valence-corrected chi connectivity index (χ0v) is 10.8. The molecular formula is C13H12BrNO. The molecule has 0 N–H and O–H groups in total. The molecule has 0 saturated carbocycles. The summed E-state index contributed by atoms with van der Waals surface area (Å²) in [6, 6.07) is 10.0. The summed E-state index contributed by atoms with van der Waals surface area (Å²) in [7, 11) is 1.67. The Kier molecular flexibility index (Phi) is 3.25. The number of aromatic nitrogens is 1. The van der Waals surface area contributed by atoms with Gasteiger partial charge in [-0.15, -0.1) is 0 Å². The molecular weight excluding hydrogens is 266 g/mol. The SMILES string of the molecule is COc1ccc(C)cc1-c1ccc(Br)cn1. The first-order valence-corrected chi connectivity index (χ1v) is 5.76. The van der Waals surface area contributed by atoms with Gasteiger partial charge in [0.1, 0.15) is 5.75 Å². The molecule has 2 rings (SSSR count). The molecule has 0 aliphatic rings. The lowest BCUT2D eigenvalue weighted by Gasteiger charge is -2.08. The van der Waals surface area contributed by atoms with Crippen molar-refractivity contribution >= 4 is 15.9 Å². The van der Waals surface area contributed by atoms with Gasteiger partial charge in [0.15, 0.2) is 0 Å². The Morgan fingerprint density at radius 2 is 2.00 bits per heavy atom. The fourth-order valence-corrected chi connectivity index (χ4v) is 1.79. The summed E-state index contributed by atoms with van der Waals surface area (Å²) in [6.07, 6.45) is 1.79. The second-order valence-corrected chi connectivity index (χ2v) is 4.48. The summed E-state index contributed by atoms with van der Waals surface area (Å²) < 4.78 is 6.31. The molecule has 0 spiro atoms. The van der Waals surface area contributed by atoms with Gasteiger partial charge in [0.2, 0.25) is 0 Å². The maximum atomic E-state index is 5.33. The third-order valence-corrected chi connectivity index (χ3v) is 2.83. The third kappa shape index (κ3) is 2.25. The van der Waals surface area contributed by atoms with Crippen molar-refractivity contribution in [2.75, 3.05) is 7.11 Å². The van der Waals surface area contributed by atoms with Gasteiger partial charge in [0.05, 0.1) is 12.8 Å². The first-order chi connectivity index (χ1) is 7.70. The van der Waals surface area contributed by atoms with E-state index in [0.717, 1.165) is 21.5 Å². The van der Waals surface area contributed by atoms with Crippen LogP contribution in [0.5, 0.6) is 5.75 Å². The van der Waals surface area contributed by atoms with Gasteiger partial charge in [-0.3, -0.25) is 4.98 Å². The number of aryl methyl sites for hydroxylation is 1. The van der Waals surface area contributed by atoms with E-state index < -0.39 is 0 Å². The Bertz CT molecular complexity index is 494. The summed E-state index contributed by atoms with van der Waals surface area (Å²) in [4.78, 5) is 4.37. The number of methoxy groups -OCH3 is 1. The van der Waals surface area contributed by atoms with Crippen LogP contribution in [0.2, 0.25) is 0 Å². The van der Waals surface area contributed by atoms with E-state index in [0.29, 0.717) is 0 Å². The standard InChI is InChI=1S/C13H12BrNO/c1-9-3-6-13(16-2)11(7-9)12-5-4-10(14)8-15-12/h3-8H,1-2H3. The topological polar surface area (TPSA) is 22.1 Å². The van der Waals surface area contributed by atoms with Crippen LogP contribution in [-0.4, -0.2) is 12.1 Å². The third-order valence-electron chi connectivity index (χ3n) is 2.36. The van der Waals surface area contributed by atoms with Crippen LogP contribution in [-0.2, 0) is 0 Å². The minimum atomic E-state index is 0.848. The molecule has 0 aliphatic carbocycles. The summed E-state index contributed by atoms with van der Waals surface area (Å²) in [5.41, 5.74) is 3.14. The molecule has 2 nitrogen and oxygen atoms in total. The Morgan fingerprint density at radius 1 is 1.19 bits per heavy atom. The molecule has 3 heteroatoms. The van der Waals surface area contributed by atoms with Crippen LogP contribution in [0.25, 0.3) is 11.3 Å². The van der Waals surface area contributed by atoms with E-state index in [2.05, 4.69) is 33.9 Å². The van der Waals surface area contributed by atoms with Gasteiger partial charge >= 0.3 is 0 Å². The minimum Gasteiger partial charge on any atom is -0.496 e. The van der Waals surface area contributed by atoms with Crippen LogP contribution < -0.4 is 4.74 Å². The van der Waals surface area contributed by atoms with Gasteiger partial charge in [-0.1, -0.05) is 11.6 Å². The number of nitrogens with zero attached hydrogens (tertiary/aromatic N) is 1. The number of halogens is 1. The number of ether oxygens (including phenoxy) is 1. The van der Waals surface area contributed by atoms with Crippen LogP contribution >= 0.6 is 15.9 Å². The number of rotatable bonds is 2. The van der Waals surface area contributed by atoms with Crippen LogP contribution in [0.3, 0.4) is 0 Å². The van der Waals surface area contributed by atoms with E-state index in [1.54, 1.807) is 13.3 Å². The lowest BCUT2D eigenvalue weighted by molar-refractivity contribution is 0.416. The summed E-state index contributed by atoms with van der Waals surface area (Å²) in [5, 5.41) is 0. The van der Waals surface area contributed by atoms with Gasteiger partial charge in [-0.2, -0.15) is 0 Å².